The first-order chi connectivity index (χ1) is 13.2. The lowest BCUT2D eigenvalue weighted by molar-refractivity contribution is -0.384. The number of nitro benzene ring substituents is 1. The molecule has 1 fully saturated rings. The average Bonchev–Trinajstić information content (AvgIpc) is 3.33. The summed E-state index contributed by atoms with van der Waals surface area (Å²) in [7, 11) is 0. The zero-order valence-corrected chi connectivity index (χ0v) is 14.5. The molecule has 5 rings (SSSR count). The summed E-state index contributed by atoms with van der Waals surface area (Å²) in [4.78, 5) is 18.0. The fourth-order valence-electron chi connectivity index (χ4n) is 3.99. The van der Waals surface area contributed by atoms with Crippen LogP contribution in [0.1, 0.15) is 28.9 Å². The second-order valence-electron chi connectivity index (χ2n) is 6.85. The standard InChI is InChI=1S/C22H17N3O2/c26-25(27)18-13-11-16(12-14-18)20-21-19(15-7-3-1-4-8-15)23-22(24(20)21)17-9-5-2-6-10-17/h1-14,20-22H/t20-,21?,22?,24?/m0/s1. The average molecular weight is 355 g/mol. The number of fused-ring (bicyclic) bond motifs is 1. The van der Waals surface area contributed by atoms with E-state index < -0.39 is 0 Å². The second kappa shape index (κ2) is 6.14. The third kappa shape index (κ3) is 2.64. The smallest absolute Gasteiger partial charge is 0.263 e. The van der Waals surface area contributed by atoms with Gasteiger partial charge in [0.25, 0.3) is 5.69 Å². The largest absolute Gasteiger partial charge is 0.269 e. The number of hydrogen-bond acceptors (Lipinski definition) is 4. The molecule has 2 aliphatic heterocycles. The third-order valence-corrected chi connectivity index (χ3v) is 5.29. The van der Waals surface area contributed by atoms with Gasteiger partial charge in [0.2, 0.25) is 0 Å². The van der Waals surface area contributed by atoms with E-state index >= 15 is 0 Å². The van der Waals surface area contributed by atoms with Crippen molar-refractivity contribution in [2.45, 2.75) is 18.2 Å². The summed E-state index contributed by atoms with van der Waals surface area (Å²) in [5.41, 5.74) is 4.60. The van der Waals surface area contributed by atoms with Gasteiger partial charge in [-0.05, 0) is 16.7 Å². The molecule has 4 atom stereocenters. The molecule has 0 bridgehead atoms. The Hall–Kier alpha value is -3.31. The van der Waals surface area contributed by atoms with Crippen LogP contribution >= 0.6 is 0 Å². The Morgan fingerprint density at radius 3 is 2.04 bits per heavy atom. The van der Waals surface area contributed by atoms with Crippen LogP contribution in [0, 0.1) is 10.1 Å². The molecule has 0 radical (unpaired) electrons. The number of aliphatic imine (C=N–C) groups is 1. The van der Waals surface area contributed by atoms with Crippen molar-refractivity contribution in [2.24, 2.45) is 4.99 Å². The molecule has 3 unspecified atom stereocenters. The first-order valence-electron chi connectivity index (χ1n) is 8.94. The van der Waals surface area contributed by atoms with E-state index in [1.165, 1.54) is 0 Å². The molecule has 0 amide bonds. The lowest BCUT2D eigenvalue weighted by atomic mass is 10.0. The number of hydrogen-bond donors (Lipinski definition) is 0. The summed E-state index contributed by atoms with van der Waals surface area (Å²) < 4.78 is 0. The summed E-state index contributed by atoms with van der Waals surface area (Å²) in [5, 5.41) is 10.9. The minimum Gasteiger partial charge on any atom is -0.263 e. The van der Waals surface area contributed by atoms with Crippen molar-refractivity contribution in [3.63, 3.8) is 0 Å². The molecule has 0 saturated carbocycles. The highest BCUT2D eigenvalue weighted by atomic mass is 16.6. The Kier molecular flexibility index (Phi) is 3.62. The zero-order chi connectivity index (χ0) is 18.4. The highest BCUT2D eigenvalue weighted by Crippen LogP contribution is 2.55. The van der Waals surface area contributed by atoms with Crippen LogP contribution in [0.15, 0.2) is 89.9 Å². The molecule has 5 heteroatoms. The Morgan fingerprint density at radius 1 is 0.778 bits per heavy atom. The molecule has 1 saturated heterocycles. The molecule has 3 aromatic rings. The molecule has 0 aromatic heterocycles. The minimum absolute atomic E-state index is 0.0217. The Labute approximate surface area is 156 Å². The molecule has 0 N–H and O–H groups in total. The molecular formula is C22H17N3O2. The number of benzene rings is 3. The van der Waals surface area contributed by atoms with Crippen molar-refractivity contribution in [1.82, 2.24) is 4.90 Å². The lowest BCUT2D eigenvalue weighted by Gasteiger charge is -2.14. The van der Waals surface area contributed by atoms with Crippen molar-refractivity contribution < 1.29 is 4.92 Å². The molecule has 2 heterocycles. The number of non-ortho nitro benzene ring substituents is 1. The van der Waals surface area contributed by atoms with Gasteiger partial charge >= 0.3 is 0 Å². The van der Waals surface area contributed by atoms with Gasteiger partial charge in [0.1, 0.15) is 6.17 Å². The van der Waals surface area contributed by atoms with E-state index in [0.717, 1.165) is 22.4 Å². The summed E-state index contributed by atoms with van der Waals surface area (Å²) in [6.07, 6.45) is -0.0217. The van der Waals surface area contributed by atoms with Crippen molar-refractivity contribution in [3.05, 3.63) is 112 Å². The van der Waals surface area contributed by atoms with Gasteiger partial charge in [-0.15, -0.1) is 0 Å². The summed E-state index contributed by atoms with van der Waals surface area (Å²) >= 11 is 0. The monoisotopic (exact) mass is 355 g/mol. The van der Waals surface area contributed by atoms with E-state index in [-0.39, 0.29) is 28.9 Å². The van der Waals surface area contributed by atoms with Crippen LogP contribution < -0.4 is 0 Å². The van der Waals surface area contributed by atoms with Crippen LogP contribution in [-0.2, 0) is 0 Å². The molecule has 0 aliphatic carbocycles. The first-order valence-corrected chi connectivity index (χ1v) is 8.94. The van der Waals surface area contributed by atoms with Gasteiger partial charge < -0.3 is 0 Å². The zero-order valence-electron chi connectivity index (χ0n) is 14.5. The van der Waals surface area contributed by atoms with Gasteiger partial charge in [-0.3, -0.25) is 20.0 Å². The fourth-order valence-corrected chi connectivity index (χ4v) is 3.99. The molecule has 27 heavy (non-hydrogen) atoms. The molecule has 5 nitrogen and oxygen atoms in total. The van der Waals surface area contributed by atoms with Crippen LogP contribution in [-0.4, -0.2) is 21.6 Å². The van der Waals surface area contributed by atoms with Gasteiger partial charge in [-0.2, -0.15) is 0 Å². The SMILES string of the molecule is O=[N+]([O-])c1ccc([C@H]2C3C(c4ccccc4)=NC(c4ccccc4)N32)cc1. The Bertz CT molecular complexity index is 1020. The lowest BCUT2D eigenvalue weighted by Crippen LogP contribution is -2.08. The summed E-state index contributed by atoms with van der Waals surface area (Å²) in [5.74, 6) is 0. The quantitative estimate of drug-likeness (QED) is 0.393. The van der Waals surface area contributed by atoms with E-state index in [0.29, 0.717) is 0 Å². The van der Waals surface area contributed by atoms with Crippen molar-refractivity contribution in [2.75, 3.05) is 0 Å². The fraction of sp³-hybridized carbons (Fsp3) is 0.136. The van der Waals surface area contributed by atoms with E-state index in [2.05, 4.69) is 29.2 Å². The Morgan fingerprint density at radius 2 is 1.41 bits per heavy atom. The van der Waals surface area contributed by atoms with E-state index in [1.54, 1.807) is 12.1 Å². The maximum atomic E-state index is 10.9. The van der Waals surface area contributed by atoms with Gasteiger partial charge in [0.15, 0.2) is 0 Å². The summed E-state index contributed by atoms with van der Waals surface area (Å²) in [6.45, 7) is 0. The van der Waals surface area contributed by atoms with Gasteiger partial charge in [-0.25, -0.2) is 0 Å². The van der Waals surface area contributed by atoms with Gasteiger partial charge in [0, 0.05) is 12.1 Å². The third-order valence-electron chi connectivity index (χ3n) is 5.29. The van der Waals surface area contributed by atoms with Crippen LogP contribution in [0.5, 0.6) is 0 Å². The normalized spacial score (nSPS) is 25.6. The maximum absolute atomic E-state index is 10.9. The first kappa shape index (κ1) is 15.9. The number of nitrogens with zero attached hydrogens (tertiary/aromatic N) is 3. The highest BCUT2D eigenvalue weighted by Gasteiger charge is 2.59. The topological polar surface area (TPSA) is 58.5 Å². The minimum atomic E-state index is -0.360. The highest BCUT2D eigenvalue weighted by molar-refractivity contribution is 6.08. The van der Waals surface area contributed by atoms with E-state index in [4.69, 9.17) is 4.99 Å². The second-order valence-corrected chi connectivity index (χ2v) is 6.85. The van der Waals surface area contributed by atoms with Crippen LogP contribution in [0.2, 0.25) is 0 Å². The molecule has 3 aromatic carbocycles. The van der Waals surface area contributed by atoms with Crippen LogP contribution in [0.4, 0.5) is 5.69 Å². The number of rotatable bonds is 4. The molecule has 2 aliphatic rings. The molecular weight excluding hydrogens is 338 g/mol. The van der Waals surface area contributed by atoms with Crippen LogP contribution in [0.3, 0.4) is 0 Å². The van der Waals surface area contributed by atoms with Crippen molar-refractivity contribution in [1.29, 1.82) is 0 Å². The predicted molar refractivity (Wildman–Crippen MR) is 104 cm³/mol. The van der Waals surface area contributed by atoms with Crippen LogP contribution in [0.25, 0.3) is 0 Å². The Balaban J connectivity index is 1.53. The van der Waals surface area contributed by atoms with Crippen molar-refractivity contribution in [3.8, 4) is 0 Å². The van der Waals surface area contributed by atoms with Gasteiger partial charge in [0.05, 0.1) is 22.7 Å². The molecule has 0 spiro atoms. The van der Waals surface area contributed by atoms with E-state index in [1.807, 2.05) is 48.5 Å². The summed E-state index contributed by atoms with van der Waals surface area (Å²) in [6, 6.07) is 27.8. The van der Waals surface area contributed by atoms with Crippen molar-refractivity contribution >= 4 is 11.4 Å². The van der Waals surface area contributed by atoms with Gasteiger partial charge in [-0.1, -0.05) is 72.8 Å². The molecule has 132 valence electrons. The van der Waals surface area contributed by atoms with E-state index in [9.17, 15) is 10.1 Å². The predicted octanol–water partition coefficient (Wildman–Crippen LogP) is 4.52. The number of nitro groups is 1. The maximum Gasteiger partial charge on any atom is 0.269 e.